The fraction of sp³-hybridized carbons (Fsp3) is 0.579. The van der Waals surface area contributed by atoms with Crippen molar-refractivity contribution in [2.24, 2.45) is 5.92 Å². The summed E-state index contributed by atoms with van der Waals surface area (Å²) in [7, 11) is 1.37. The lowest BCUT2D eigenvalue weighted by atomic mass is 10.0. The molecule has 0 bridgehead atoms. The molecule has 1 aromatic heterocycles. The Bertz CT molecular complexity index is 874. The number of esters is 1. The molecule has 1 saturated heterocycles. The van der Waals surface area contributed by atoms with E-state index in [1.807, 2.05) is 0 Å². The molecule has 0 radical (unpaired) electrons. The van der Waals surface area contributed by atoms with E-state index in [0.717, 1.165) is 25.2 Å². The first kappa shape index (κ1) is 21.5. The molecular formula is C19H27FN6O2S. The molecule has 1 aromatic carbocycles. The molecule has 3 rings (SSSR count). The van der Waals surface area contributed by atoms with Gasteiger partial charge in [0.25, 0.3) is 0 Å². The van der Waals surface area contributed by atoms with Crippen molar-refractivity contribution in [2.45, 2.75) is 33.1 Å². The number of tetrazole rings is 1. The zero-order valence-electron chi connectivity index (χ0n) is 17.0. The Labute approximate surface area is 174 Å². The minimum absolute atomic E-state index is 0.329. The van der Waals surface area contributed by atoms with Crippen molar-refractivity contribution in [1.29, 1.82) is 0 Å². The van der Waals surface area contributed by atoms with E-state index in [9.17, 15) is 9.18 Å². The number of rotatable bonds is 7. The van der Waals surface area contributed by atoms with E-state index < -0.39 is 6.04 Å². The van der Waals surface area contributed by atoms with Gasteiger partial charge >= 0.3 is 5.97 Å². The highest BCUT2D eigenvalue weighted by Crippen LogP contribution is 2.24. The summed E-state index contributed by atoms with van der Waals surface area (Å²) in [5, 5.41) is 8.32. The van der Waals surface area contributed by atoms with Gasteiger partial charge < -0.3 is 4.74 Å². The van der Waals surface area contributed by atoms with Crippen molar-refractivity contribution in [3.63, 3.8) is 0 Å². The van der Waals surface area contributed by atoms with E-state index in [0.29, 0.717) is 30.4 Å². The summed E-state index contributed by atoms with van der Waals surface area (Å²) in [6, 6.07) is 5.45. The quantitative estimate of drug-likeness (QED) is 0.500. The number of carbonyl (C=O) groups is 1. The van der Waals surface area contributed by atoms with Crippen LogP contribution in [-0.4, -0.2) is 68.8 Å². The molecule has 1 aliphatic rings. The average molecular weight is 423 g/mol. The molecule has 0 spiro atoms. The van der Waals surface area contributed by atoms with Gasteiger partial charge in [-0.15, -0.1) is 0 Å². The second-order valence-electron chi connectivity index (χ2n) is 7.61. The van der Waals surface area contributed by atoms with Gasteiger partial charge in [-0.3, -0.25) is 9.80 Å². The van der Waals surface area contributed by atoms with Crippen LogP contribution in [0.2, 0.25) is 0 Å². The zero-order chi connectivity index (χ0) is 21.0. The van der Waals surface area contributed by atoms with E-state index in [2.05, 4.69) is 34.1 Å². The largest absolute Gasteiger partial charge is 0.468 e. The first-order valence-electron chi connectivity index (χ1n) is 9.69. The molecule has 2 aromatic rings. The second-order valence-corrected chi connectivity index (χ2v) is 7.97. The molecule has 1 fully saturated rings. The molecule has 0 saturated carbocycles. The third-order valence-electron chi connectivity index (χ3n) is 4.95. The summed E-state index contributed by atoms with van der Waals surface area (Å²) in [6.45, 7) is 8.35. The maximum atomic E-state index is 13.3. The average Bonchev–Trinajstić information content (AvgIpc) is 3.03. The molecule has 0 unspecified atom stereocenters. The van der Waals surface area contributed by atoms with Crippen LogP contribution in [0, 0.1) is 16.5 Å². The number of ether oxygens (including phenoxy) is 1. The van der Waals surface area contributed by atoms with E-state index in [-0.39, 0.29) is 11.8 Å². The van der Waals surface area contributed by atoms with Gasteiger partial charge in [0, 0.05) is 32.7 Å². The van der Waals surface area contributed by atoms with Crippen molar-refractivity contribution >= 4 is 18.2 Å². The Kier molecular flexibility index (Phi) is 7.09. The van der Waals surface area contributed by atoms with Crippen LogP contribution in [0.4, 0.5) is 4.39 Å². The highest BCUT2D eigenvalue weighted by Gasteiger charge is 2.31. The lowest BCUT2D eigenvalue weighted by Crippen LogP contribution is -2.49. The third kappa shape index (κ3) is 5.26. The van der Waals surface area contributed by atoms with E-state index >= 15 is 0 Å². The lowest BCUT2D eigenvalue weighted by Gasteiger charge is -2.38. The van der Waals surface area contributed by atoms with Crippen molar-refractivity contribution in [3.8, 4) is 0 Å². The van der Waals surface area contributed by atoms with Crippen LogP contribution in [0.15, 0.2) is 24.3 Å². The van der Waals surface area contributed by atoms with Gasteiger partial charge in [-0.1, -0.05) is 26.0 Å². The number of aromatic nitrogens is 4. The van der Waals surface area contributed by atoms with Crippen molar-refractivity contribution in [3.05, 3.63) is 40.4 Å². The summed E-state index contributed by atoms with van der Waals surface area (Å²) in [5.74, 6) is -0.231. The number of hydrogen-bond acceptors (Lipinski definition) is 7. The fourth-order valence-electron chi connectivity index (χ4n) is 3.46. The molecule has 1 aliphatic heterocycles. The zero-order valence-corrected chi connectivity index (χ0v) is 17.8. The van der Waals surface area contributed by atoms with Crippen LogP contribution >= 0.6 is 12.2 Å². The number of carbonyl (C=O) groups excluding carboxylic acids is 1. The number of halogens is 1. The number of hydrogen-bond donors (Lipinski definition) is 0. The molecule has 1 atom stereocenters. The normalized spacial score (nSPS) is 16.9. The van der Waals surface area contributed by atoms with Gasteiger partial charge in [-0.2, -0.15) is 0 Å². The SMILES string of the molecule is COC(=O)[C@@H](c1ccc(F)cc1)N1CCN(Cn2nnn(CC(C)C)c2=S)CC1. The van der Waals surface area contributed by atoms with Crippen molar-refractivity contribution in [2.75, 3.05) is 33.3 Å². The first-order valence-corrected chi connectivity index (χ1v) is 10.1. The molecule has 0 aliphatic carbocycles. The number of benzene rings is 1. The van der Waals surface area contributed by atoms with Crippen molar-refractivity contribution in [1.82, 2.24) is 29.6 Å². The summed E-state index contributed by atoms with van der Waals surface area (Å²) >= 11 is 5.47. The first-order chi connectivity index (χ1) is 13.9. The molecule has 0 amide bonds. The Hall–Kier alpha value is -2.17. The van der Waals surface area contributed by atoms with E-state index in [1.165, 1.54) is 19.2 Å². The lowest BCUT2D eigenvalue weighted by molar-refractivity contribution is -0.148. The molecular weight excluding hydrogens is 395 g/mol. The van der Waals surface area contributed by atoms with Gasteiger partial charge in [-0.05, 0) is 46.3 Å². The Morgan fingerprint density at radius 2 is 1.76 bits per heavy atom. The van der Waals surface area contributed by atoms with Crippen LogP contribution in [-0.2, 0) is 22.7 Å². The van der Waals surface area contributed by atoms with Gasteiger partial charge in [0.2, 0.25) is 4.77 Å². The summed E-state index contributed by atoms with van der Waals surface area (Å²) in [6.07, 6.45) is 0. The van der Waals surface area contributed by atoms with Gasteiger partial charge in [0.1, 0.15) is 11.9 Å². The van der Waals surface area contributed by atoms with Gasteiger partial charge in [0.05, 0.1) is 13.8 Å². The highest BCUT2D eigenvalue weighted by atomic mass is 32.1. The summed E-state index contributed by atoms with van der Waals surface area (Å²) in [5.41, 5.74) is 0.727. The summed E-state index contributed by atoms with van der Waals surface area (Å²) in [4.78, 5) is 16.7. The second kappa shape index (κ2) is 9.55. The molecule has 10 heteroatoms. The number of methoxy groups -OCH3 is 1. The Morgan fingerprint density at radius 3 is 2.34 bits per heavy atom. The van der Waals surface area contributed by atoms with Crippen LogP contribution in [0.3, 0.4) is 0 Å². The fourth-order valence-corrected chi connectivity index (χ4v) is 3.67. The predicted octanol–water partition coefficient (Wildman–Crippen LogP) is 2.09. The highest BCUT2D eigenvalue weighted by molar-refractivity contribution is 7.71. The molecule has 158 valence electrons. The smallest absolute Gasteiger partial charge is 0.327 e. The molecule has 29 heavy (non-hydrogen) atoms. The van der Waals surface area contributed by atoms with Crippen LogP contribution < -0.4 is 0 Å². The summed E-state index contributed by atoms with van der Waals surface area (Å²) < 4.78 is 22.4. The number of piperazine rings is 1. The van der Waals surface area contributed by atoms with Crippen LogP contribution in [0.1, 0.15) is 25.5 Å². The van der Waals surface area contributed by atoms with Crippen molar-refractivity contribution < 1.29 is 13.9 Å². The minimum Gasteiger partial charge on any atom is -0.468 e. The van der Waals surface area contributed by atoms with Gasteiger partial charge in [0.15, 0.2) is 0 Å². The molecule has 0 N–H and O–H groups in total. The predicted molar refractivity (Wildman–Crippen MR) is 108 cm³/mol. The monoisotopic (exact) mass is 422 g/mol. The maximum absolute atomic E-state index is 13.3. The minimum atomic E-state index is -0.545. The third-order valence-corrected chi connectivity index (χ3v) is 5.37. The standard InChI is InChI=1S/C19H27FN6O2S/c1-14(2)12-25-19(29)26(22-21-25)13-23-8-10-24(11-9-23)17(18(27)28-3)15-4-6-16(20)7-5-15/h4-7,14,17H,8-13H2,1-3H3/t17-/m1/s1. The molecule has 2 heterocycles. The topological polar surface area (TPSA) is 68.4 Å². The Morgan fingerprint density at radius 1 is 1.14 bits per heavy atom. The van der Waals surface area contributed by atoms with Crippen LogP contribution in [0.25, 0.3) is 0 Å². The van der Waals surface area contributed by atoms with Crippen LogP contribution in [0.5, 0.6) is 0 Å². The van der Waals surface area contributed by atoms with E-state index in [1.54, 1.807) is 21.5 Å². The molecule has 8 nitrogen and oxygen atoms in total. The maximum Gasteiger partial charge on any atom is 0.327 e. The number of nitrogens with zero attached hydrogens (tertiary/aromatic N) is 6. The van der Waals surface area contributed by atoms with E-state index in [4.69, 9.17) is 17.0 Å². The Balaban J connectivity index is 1.64. The van der Waals surface area contributed by atoms with Gasteiger partial charge in [-0.25, -0.2) is 18.5 Å².